The first-order chi connectivity index (χ1) is 8.97. The second-order valence-corrected chi connectivity index (χ2v) is 5.04. The van der Waals surface area contributed by atoms with Crippen LogP contribution < -0.4 is 0 Å². The quantitative estimate of drug-likeness (QED) is 0.892. The molecule has 1 atom stereocenters. The van der Waals surface area contributed by atoms with Gasteiger partial charge in [0.1, 0.15) is 0 Å². The summed E-state index contributed by atoms with van der Waals surface area (Å²) in [5.74, 6) is -0.764. The number of aromatic nitrogens is 2. The minimum absolute atomic E-state index is 0.0110. The Hall–Kier alpha value is -1.88. The molecule has 5 nitrogen and oxygen atoms in total. The molecule has 1 aromatic carbocycles. The molecule has 0 fully saturated rings. The van der Waals surface area contributed by atoms with Crippen molar-refractivity contribution >= 4 is 17.0 Å². The summed E-state index contributed by atoms with van der Waals surface area (Å²) in [5, 5.41) is 8.80. The number of hydrogen-bond acceptors (Lipinski definition) is 3. The molecule has 0 amide bonds. The molecule has 2 aromatic rings. The molecule has 0 spiro atoms. The van der Waals surface area contributed by atoms with Gasteiger partial charge in [-0.2, -0.15) is 0 Å². The summed E-state index contributed by atoms with van der Waals surface area (Å²) in [6.07, 6.45) is 1.95. The second kappa shape index (κ2) is 5.40. The molecule has 1 unspecified atom stereocenters. The van der Waals surface area contributed by atoms with E-state index in [1.807, 2.05) is 36.6 Å². The normalized spacial score (nSPS) is 13.1. The van der Waals surface area contributed by atoms with Crippen LogP contribution in [-0.4, -0.2) is 38.6 Å². The van der Waals surface area contributed by atoms with E-state index in [0.29, 0.717) is 0 Å². The van der Waals surface area contributed by atoms with Gasteiger partial charge in [-0.05, 0) is 31.7 Å². The van der Waals surface area contributed by atoms with E-state index in [1.165, 1.54) is 0 Å². The first-order valence-corrected chi connectivity index (χ1v) is 6.29. The number of aliphatic carboxylic acids is 1. The Morgan fingerprint density at radius 2 is 2.26 bits per heavy atom. The third kappa shape index (κ3) is 3.12. The molecule has 0 aliphatic carbocycles. The minimum atomic E-state index is -0.764. The van der Waals surface area contributed by atoms with E-state index in [2.05, 4.69) is 17.1 Å². The fourth-order valence-corrected chi connectivity index (χ4v) is 2.13. The summed E-state index contributed by atoms with van der Waals surface area (Å²) in [6, 6.07) is 6.18. The SMILES string of the molecule is CC(CC(=O)O)N(C)Cc1ccc2c(c1)ncn2C. The van der Waals surface area contributed by atoms with Crippen LogP contribution in [-0.2, 0) is 18.4 Å². The Labute approximate surface area is 112 Å². The second-order valence-electron chi connectivity index (χ2n) is 5.04. The average Bonchev–Trinajstić information content (AvgIpc) is 2.70. The van der Waals surface area contributed by atoms with Gasteiger partial charge in [-0.1, -0.05) is 6.07 Å². The molecule has 1 N–H and O–H groups in total. The average molecular weight is 261 g/mol. The zero-order chi connectivity index (χ0) is 14.0. The van der Waals surface area contributed by atoms with Crippen LogP contribution in [0.4, 0.5) is 0 Å². The molecule has 2 rings (SSSR count). The molecule has 19 heavy (non-hydrogen) atoms. The lowest BCUT2D eigenvalue weighted by Crippen LogP contribution is -2.30. The van der Waals surface area contributed by atoms with Crippen LogP contribution in [0.2, 0.25) is 0 Å². The molecule has 5 heteroatoms. The lowest BCUT2D eigenvalue weighted by atomic mass is 10.1. The van der Waals surface area contributed by atoms with Crippen molar-refractivity contribution in [3.63, 3.8) is 0 Å². The number of benzene rings is 1. The van der Waals surface area contributed by atoms with Crippen LogP contribution >= 0.6 is 0 Å². The van der Waals surface area contributed by atoms with Gasteiger partial charge in [0.25, 0.3) is 0 Å². The molecule has 0 radical (unpaired) electrons. The van der Waals surface area contributed by atoms with Gasteiger partial charge in [-0.15, -0.1) is 0 Å². The summed E-state index contributed by atoms with van der Waals surface area (Å²) in [5.41, 5.74) is 3.22. The van der Waals surface area contributed by atoms with Crippen molar-refractivity contribution in [3.8, 4) is 0 Å². The number of carbonyl (C=O) groups is 1. The molecular formula is C14H19N3O2. The first kappa shape index (κ1) is 13.5. The number of imidazole rings is 1. The Morgan fingerprint density at radius 1 is 1.53 bits per heavy atom. The fourth-order valence-electron chi connectivity index (χ4n) is 2.13. The van der Waals surface area contributed by atoms with Gasteiger partial charge >= 0.3 is 5.97 Å². The number of aryl methyl sites for hydroxylation is 1. The van der Waals surface area contributed by atoms with E-state index in [1.54, 1.807) is 6.33 Å². The number of carboxylic acids is 1. The zero-order valence-electron chi connectivity index (χ0n) is 11.5. The molecule has 0 aliphatic heterocycles. The minimum Gasteiger partial charge on any atom is -0.481 e. The van der Waals surface area contributed by atoms with E-state index in [9.17, 15) is 4.79 Å². The molecule has 0 saturated carbocycles. The maximum atomic E-state index is 10.7. The largest absolute Gasteiger partial charge is 0.481 e. The summed E-state index contributed by atoms with van der Waals surface area (Å²) < 4.78 is 1.98. The van der Waals surface area contributed by atoms with Gasteiger partial charge in [0.15, 0.2) is 0 Å². The van der Waals surface area contributed by atoms with E-state index < -0.39 is 5.97 Å². The van der Waals surface area contributed by atoms with Gasteiger partial charge in [0, 0.05) is 19.6 Å². The molecule has 1 heterocycles. The van der Waals surface area contributed by atoms with Crippen LogP contribution in [0, 0.1) is 0 Å². The number of carboxylic acid groups (broad SMARTS) is 1. The molecule has 102 valence electrons. The van der Waals surface area contributed by atoms with Crippen molar-refractivity contribution in [1.82, 2.24) is 14.5 Å². The lowest BCUT2D eigenvalue weighted by Gasteiger charge is -2.23. The van der Waals surface area contributed by atoms with Gasteiger partial charge in [-0.3, -0.25) is 9.69 Å². The number of fused-ring (bicyclic) bond motifs is 1. The third-order valence-corrected chi connectivity index (χ3v) is 3.44. The van der Waals surface area contributed by atoms with E-state index in [-0.39, 0.29) is 12.5 Å². The van der Waals surface area contributed by atoms with Gasteiger partial charge in [-0.25, -0.2) is 4.98 Å². The lowest BCUT2D eigenvalue weighted by molar-refractivity contribution is -0.138. The summed E-state index contributed by atoms with van der Waals surface area (Å²) >= 11 is 0. The number of nitrogens with zero attached hydrogens (tertiary/aromatic N) is 3. The predicted molar refractivity (Wildman–Crippen MR) is 73.9 cm³/mol. The third-order valence-electron chi connectivity index (χ3n) is 3.44. The van der Waals surface area contributed by atoms with Crippen LogP contribution in [0.3, 0.4) is 0 Å². The van der Waals surface area contributed by atoms with Crippen LogP contribution in [0.25, 0.3) is 11.0 Å². The number of rotatable bonds is 5. The summed E-state index contributed by atoms with van der Waals surface area (Å²) in [6.45, 7) is 2.65. The van der Waals surface area contributed by atoms with E-state index in [0.717, 1.165) is 23.1 Å². The van der Waals surface area contributed by atoms with Crippen LogP contribution in [0.15, 0.2) is 24.5 Å². The smallest absolute Gasteiger partial charge is 0.304 e. The molecule has 0 saturated heterocycles. The molecule has 1 aromatic heterocycles. The topological polar surface area (TPSA) is 58.4 Å². The Kier molecular flexibility index (Phi) is 3.85. The highest BCUT2D eigenvalue weighted by Gasteiger charge is 2.13. The monoisotopic (exact) mass is 261 g/mol. The van der Waals surface area contributed by atoms with E-state index in [4.69, 9.17) is 5.11 Å². The Bertz CT molecular complexity index is 591. The van der Waals surface area contributed by atoms with Crippen LogP contribution in [0.1, 0.15) is 18.9 Å². The summed E-state index contributed by atoms with van der Waals surface area (Å²) in [4.78, 5) is 17.1. The van der Waals surface area contributed by atoms with Crippen molar-refractivity contribution in [1.29, 1.82) is 0 Å². The molecule has 0 bridgehead atoms. The highest BCUT2D eigenvalue weighted by molar-refractivity contribution is 5.75. The number of hydrogen-bond donors (Lipinski definition) is 1. The fraction of sp³-hybridized carbons (Fsp3) is 0.429. The first-order valence-electron chi connectivity index (χ1n) is 6.29. The maximum absolute atomic E-state index is 10.7. The van der Waals surface area contributed by atoms with Gasteiger partial charge in [0.05, 0.1) is 23.8 Å². The van der Waals surface area contributed by atoms with Crippen molar-refractivity contribution in [2.75, 3.05) is 7.05 Å². The Balaban J connectivity index is 2.10. The van der Waals surface area contributed by atoms with E-state index >= 15 is 0 Å². The highest BCUT2D eigenvalue weighted by atomic mass is 16.4. The van der Waals surface area contributed by atoms with Crippen molar-refractivity contribution in [2.24, 2.45) is 7.05 Å². The molecular weight excluding hydrogens is 242 g/mol. The summed E-state index contributed by atoms with van der Waals surface area (Å²) in [7, 11) is 3.91. The van der Waals surface area contributed by atoms with Crippen LogP contribution in [0.5, 0.6) is 0 Å². The standard InChI is InChI=1S/C14H19N3O2/c1-10(6-14(18)19)16(2)8-11-4-5-13-12(7-11)15-9-17(13)3/h4-5,7,9-10H,6,8H2,1-3H3,(H,18,19). The van der Waals surface area contributed by atoms with Crippen molar-refractivity contribution < 1.29 is 9.90 Å². The maximum Gasteiger partial charge on any atom is 0.304 e. The Morgan fingerprint density at radius 3 is 2.95 bits per heavy atom. The van der Waals surface area contributed by atoms with Gasteiger partial charge in [0.2, 0.25) is 0 Å². The predicted octanol–water partition coefficient (Wildman–Crippen LogP) is 1.87. The zero-order valence-corrected chi connectivity index (χ0v) is 11.5. The van der Waals surface area contributed by atoms with Gasteiger partial charge < -0.3 is 9.67 Å². The van der Waals surface area contributed by atoms with Crippen molar-refractivity contribution in [2.45, 2.75) is 25.9 Å². The molecule has 0 aliphatic rings. The highest BCUT2D eigenvalue weighted by Crippen LogP contribution is 2.16. The van der Waals surface area contributed by atoms with Crippen molar-refractivity contribution in [3.05, 3.63) is 30.1 Å².